The Morgan fingerprint density at radius 1 is 1.03 bits per heavy atom. The zero-order chi connectivity index (χ0) is 21.2. The number of hydrogen-bond donors (Lipinski definition) is 1. The fourth-order valence-corrected chi connectivity index (χ4v) is 4.37. The summed E-state index contributed by atoms with van der Waals surface area (Å²) in [4.78, 5) is 12.7. The number of carbonyl (C=O) groups excluding carboxylic acids is 1. The van der Waals surface area contributed by atoms with Crippen molar-refractivity contribution in [3.05, 3.63) is 77.9 Å². The highest BCUT2D eigenvalue weighted by molar-refractivity contribution is 7.92. The highest BCUT2D eigenvalue weighted by Gasteiger charge is 2.29. The molecule has 3 aromatic carbocycles. The molecule has 0 spiro atoms. The van der Waals surface area contributed by atoms with E-state index in [1.54, 1.807) is 0 Å². The van der Waals surface area contributed by atoms with Crippen molar-refractivity contribution in [2.24, 2.45) is 0 Å². The molecule has 0 aliphatic carbocycles. The SMILES string of the molecule is C[C@H](C(=O)NCc1cccc2ccccc12)N(c1ccc(F)c(F)c1)S(C)(=O)=O. The number of halogens is 2. The molecule has 0 saturated carbocycles. The predicted molar refractivity (Wildman–Crippen MR) is 109 cm³/mol. The molecule has 1 atom stereocenters. The number of rotatable bonds is 6. The molecule has 0 heterocycles. The first-order valence-electron chi connectivity index (χ1n) is 8.87. The Hall–Kier alpha value is -3.00. The highest BCUT2D eigenvalue weighted by atomic mass is 32.2. The zero-order valence-corrected chi connectivity index (χ0v) is 16.7. The summed E-state index contributed by atoms with van der Waals surface area (Å²) in [5, 5.41) is 4.72. The van der Waals surface area contributed by atoms with E-state index in [-0.39, 0.29) is 12.2 Å². The number of carbonyl (C=O) groups is 1. The highest BCUT2D eigenvalue weighted by Crippen LogP contribution is 2.23. The molecule has 0 aliphatic rings. The Morgan fingerprint density at radius 2 is 1.72 bits per heavy atom. The Kier molecular flexibility index (Phi) is 5.83. The number of nitrogens with zero attached hydrogens (tertiary/aromatic N) is 1. The summed E-state index contributed by atoms with van der Waals surface area (Å²) in [6.07, 6.45) is 0.906. The monoisotopic (exact) mass is 418 g/mol. The lowest BCUT2D eigenvalue weighted by Crippen LogP contribution is -2.47. The van der Waals surface area contributed by atoms with Gasteiger partial charge in [0.05, 0.1) is 11.9 Å². The van der Waals surface area contributed by atoms with Crippen LogP contribution in [0.2, 0.25) is 0 Å². The topological polar surface area (TPSA) is 66.5 Å². The van der Waals surface area contributed by atoms with Gasteiger partial charge in [0.1, 0.15) is 6.04 Å². The van der Waals surface area contributed by atoms with Gasteiger partial charge in [-0.05, 0) is 35.4 Å². The van der Waals surface area contributed by atoms with Crippen LogP contribution in [0.5, 0.6) is 0 Å². The smallest absolute Gasteiger partial charge is 0.243 e. The molecule has 3 aromatic rings. The standard InChI is InChI=1S/C21H20F2N2O3S/c1-14(25(29(2,27)28)17-10-11-19(22)20(23)12-17)21(26)24-13-16-8-5-7-15-6-3-4-9-18(15)16/h3-12,14H,13H2,1-2H3,(H,24,26)/t14-/m1/s1. The lowest BCUT2D eigenvalue weighted by Gasteiger charge is -2.28. The number of amides is 1. The Morgan fingerprint density at radius 3 is 2.41 bits per heavy atom. The molecule has 0 saturated heterocycles. The van der Waals surface area contributed by atoms with Gasteiger partial charge < -0.3 is 5.32 Å². The number of fused-ring (bicyclic) bond motifs is 1. The van der Waals surface area contributed by atoms with Gasteiger partial charge >= 0.3 is 0 Å². The van der Waals surface area contributed by atoms with Crippen molar-refractivity contribution < 1.29 is 22.0 Å². The molecule has 5 nitrogen and oxygen atoms in total. The molecule has 29 heavy (non-hydrogen) atoms. The molecule has 0 unspecified atom stereocenters. The molecule has 0 bridgehead atoms. The second-order valence-corrected chi connectivity index (χ2v) is 8.55. The average molecular weight is 418 g/mol. The van der Waals surface area contributed by atoms with Gasteiger partial charge in [0.25, 0.3) is 0 Å². The van der Waals surface area contributed by atoms with Gasteiger partial charge in [-0.3, -0.25) is 9.10 Å². The minimum atomic E-state index is -3.93. The molecule has 1 N–H and O–H groups in total. The molecule has 152 valence electrons. The summed E-state index contributed by atoms with van der Waals surface area (Å²) in [6.45, 7) is 1.58. The summed E-state index contributed by atoms with van der Waals surface area (Å²) in [6, 6.07) is 14.9. The fourth-order valence-electron chi connectivity index (χ4n) is 3.21. The first kappa shape index (κ1) is 20.7. The van der Waals surface area contributed by atoms with Crippen molar-refractivity contribution in [3.8, 4) is 0 Å². The van der Waals surface area contributed by atoms with E-state index in [0.717, 1.165) is 45.1 Å². The average Bonchev–Trinajstić information content (AvgIpc) is 2.67. The number of hydrogen-bond acceptors (Lipinski definition) is 3. The molecular formula is C21H20F2N2O3S. The Labute approximate surface area is 168 Å². The van der Waals surface area contributed by atoms with Gasteiger partial charge in [-0.15, -0.1) is 0 Å². The summed E-state index contributed by atoms with van der Waals surface area (Å²) in [7, 11) is -3.93. The third-order valence-electron chi connectivity index (χ3n) is 4.58. The lowest BCUT2D eigenvalue weighted by atomic mass is 10.0. The largest absolute Gasteiger partial charge is 0.350 e. The minimum Gasteiger partial charge on any atom is -0.350 e. The molecule has 0 radical (unpaired) electrons. The van der Waals surface area contributed by atoms with Gasteiger partial charge in [0, 0.05) is 12.6 Å². The predicted octanol–water partition coefficient (Wildman–Crippen LogP) is 3.59. The molecule has 0 aliphatic heterocycles. The van der Waals surface area contributed by atoms with Crippen LogP contribution in [0.4, 0.5) is 14.5 Å². The Bertz CT molecular complexity index is 1160. The normalized spacial score (nSPS) is 12.6. The van der Waals surface area contributed by atoms with E-state index in [1.807, 2.05) is 42.5 Å². The van der Waals surface area contributed by atoms with Crippen molar-refractivity contribution in [1.29, 1.82) is 0 Å². The zero-order valence-electron chi connectivity index (χ0n) is 15.9. The van der Waals surface area contributed by atoms with E-state index in [0.29, 0.717) is 0 Å². The maximum Gasteiger partial charge on any atom is 0.243 e. The maximum absolute atomic E-state index is 13.6. The first-order valence-corrected chi connectivity index (χ1v) is 10.7. The first-order chi connectivity index (χ1) is 13.7. The number of benzene rings is 3. The Balaban J connectivity index is 1.83. The van der Waals surface area contributed by atoms with Crippen molar-refractivity contribution in [2.45, 2.75) is 19.5 Å². The van der Waals surface area contributed by atoms with Crippen molar-refractivity contribution >= 4 is 32.4 Å². The van der Waals surface area contributed by atoms with E-state index in [1.165, 1.54) is 6.92 Å². The quantitative estimate of drug-likeness (QED) is 0.665. The second kappa shape index (κ2) is 8.16. The van der Waals surface area contributed by atoms with E-state index in [9.17, 15) is 22.0 Å². The molecule has 0 fully saturated rings. The van der Waals surface area contributed by atoms with E-state index >= 15 is 0 Å². The van der Waals surface area contributed by atoms with Gasteiger partial charge in [-0.25, -0.2) is 17.2 Å². The number of anilines is 1. The van der Waals surface area contributed by atoms with E-state index < -0.39 is 33.6 Å². The lowest BCUT2D eigenvalue weighted by molar-refractivity contribution is -0.122. The van der Waals surface area contributed by atoms with Crippen LogP contribution >= 0.6 is 0 Å². The van der Waals surface area contributed by atoms with Gasteiger partial charge in [0.2, 0.25) is 15.9 Å². The molecule has 8 heteroatoms. The molecule has 0 aromatic heterocycles. The van der Waals surface area contributed by atoms with Crippen LogP contribution in [-0.4, -0.2) is 26.6 Å². The van der Waals surface area contributed by atoms with Crippen molar-refractivity contribution in [3.63, 3.8) is 0 Å². The van der Waals surface area contributed by atoms with Crippen LogP contribution in [0.15, 0.2) is 60.7 Å². The molecule has 1 amide bonds. The van der Waals surface area contributed by atoms with Crippen molar-refractivity contribution in [2.75, 3.05) is 10.6 Å². The van der Waals surface area contributed by atoms with E-state index in [4.69, 9.17) is 0 Å². The maximum atomic E-state index is 13.6. The molecule has 3 rings (SSSR count). The van der Waals surface area contributed by atoms with Crippen LogP contribution < -0.4 is 9.62 Å². The summed E-state index contributed by atoms with van der Waals surface area (Å²) < 4.78 is 52.1. The minimum absolute atomic E-state index is 0.126. The van der Waals surface area contributed by atoms with Gasteiger partial charge in [0.15, 0.2) is 11.6 Å². The van der Waals surface area contributed by atoms with Crippen LogP contribution in [0.3, 0.4) is 0 Å². The van der Waals surface area contributed by atoms with E-state index in [2.05, 4.69) is 5.32 Å². The second-order valence-electron chi connectivity index (χ2n) is 6.69. The molecular weight excluding hydrogens is 398 g/mol. The number of nitrogens with one attached hydrogen (secondary N) is 1. The number of sulfonamides is 1. The third-order valence-corrected chi connectivity index (χ3v) is 5.82. The summed E-state index contributed by atoms with van der Waals surface area (Å²) in [5.41, 5.74) is 0.751. The summed E-state index contributed by atoms with van der Waals surface area (Å²) in [5.74, 6) is -2.86. The van der Waals surface area contributed by atoms with Gasteiger partial charge in [-0.1, -0.05) is 42.5 Å². The van der Waals surface area contributed by atoms with Gasteiger partial charge in [-0.2, -0.15) is 0 Å². The van der Waals surface area contributed by atoms with Crippen LogP contribution in [-0.2, 0) is 21.4 Å². The van der Waals surface area contributed by atoms with Crippen molar-refractivity contribution in [1.82, 2.24) is 5.32 Å². The van der Waals surface area contributed by atoms with Crippen LogP contribution in [0.1, 0.15) is 12.5 Å². The summed E-state index contributed by atoms with van der Waals surface area (Å²) >= 11 is 0. The third kappa shape index (κ3) is 4.54. The van der Waals surface area contributed by atoms with Crippen LogP contribution in [0.25, 0.3) is 10.8 Å². The fraction of sp³-hybridized carbons (Fsp3) is 0.190. The van der Waals surface area contributed by atoms with Crippen LogP contribution in [0, 0.1) is 11.6 Å².